The third-order valence-corrected chi connectivity index (χ3v) is 4.44. The number of amides is 2. The third kappa shape index (κ3) is 5.96. The molecule has 0 atom stereocenters. The molecule has 0 saturated carbocycles. The molecule has 0 fully saturated rings. The van der Waals surface area contributed by atoms with Gasteiger partial charge >= 0.3 is 6.18 Å². The first-order valence-electron chi connectivity index (χ1n) is 7.32. The molecule has 0 aromatic heterocycles. The number of rotatable bonds is 5. The summed E-state index contributed by atoms with van der Waals surface area (Å²) in [5.74, 6) is -0.619. The quantitative estimate of drug-likeness (QED) is 0.688. The highest BCUT2D eigenvalue weighted by Gasteiger charge is 2.33. The Morgan fingerprint density at radius 2 is 1.65 bits per heavy atom. The van der Waals surface area contributed by atoms with Gasteiger partial charge in [0.05, 0.1) is 16.3 Å². The molecule has 2 aromatic rings. The van der Waals surface area contributed by atoms with Gasteiger partial charge in [0.15, 0.2) is 0 Å². The highest BCUT2D eigenvalue weighted by molar-refractivity contribution is 8.00. The van der Waals surface area contributed by atoms with Gasteiger partial charge in [-0.25, -0.2) is 0 Å². The number of nitrogens with one attached hydrogen (secondary N) is 2. The third-order valence-electron chi connectivity index (χ3n) is 3.10. The van der Waals surface area contributed by atoms with Crippen LogP contribution in [-0.2, 0) is 15.8 Å². The molecule has 9 heteroatoms. The molecule has 0 aliphatic carbocycles. The van der Waals surface area contributed by atoms with Crippen LogP contribution >= 0.6 is 23.4 Å². The van der Waals surface area contributed by atoms with E-state index in [2.05, 4.69) is 10.6 Å². The Morgan fingerprint density at radius 3 is 2.23 bits per heavy atom. The Bertz CT molecular complexity index is 811. The molecular formula is C17H14ClF3N2O2S. The van der Waals surface area contributed by atoms with Gasteiger partial charge in [-0.1, -0.05) is 11.6 Å². The van der Waals surface area contributed by atoms with Crippen molar-refractivity contribution < 1.29 is 22.8 Å². The highest BCUT2D eigenvalue weighted by atomic mass is 35.5. The summed E-state index contributed by atoms with van der Waals surface area (Å²) >= 11 is 6.76. The van der Waals surface area contributed by atoms with E-state index in [1.165, 1.54) is 24.8 Å². The van der Waals surface area contributed by atoms with Crippen LogP contribution in [0.2, 0.25) is 5.02 Å². The molecule has 0 radical (unpaired) electrons. The molecule has 2 rings (SSSR count). The van der Waals surface area contributed by atoms with Crippen molar-refractivity contribution in [2.24, 2.45) is 0 Å². The molecule has 0 aliphatic rings. The Hall–Kier alpha value is -2.19. The average molecular weight is 403 g/mol. The van der Waals surface area contributed by atoms with Crippen molar-refractivity contribution >= 4 is 46.6 Å². The van der Waals surface area contributed by atoms with Crippen molar-refractivity contribution in [2.45, 2.75) is 18.0 Å². The lowest BCUT2D eigenvalue weighted by Gasteiger charge is -2.11. The molecule has 0 saturated heterocycles. The van der Waals surface area contributed by atoms with Crippen LogP contribution in [0.5, 0.6) is 0 Å². The number of hydrogen-bond acceptors (Lipinski definition) is 3. The van der Waals surface area contributed by atoms with E-state index in [9.17, 15) is 22.8 Å². The SMILES string of the molecule is CC(=O)Nc1ccc(SCC(=O)Nc2ccc(Cl)c(C(F)(F)F)c2)cc1. The lowest BCUT2D eigenvalue weighted by atomic mass is 10.2. The van der Waals surface area contributed by atoms with Crippen molar-refractivity contribution in [1.29, 1.82) is 0 Å². The normalized spacial score (nSPS) is 11.1. The lowest BCUT2D eigenvalue weighted by molar-refractivity contribution is -0.137. The molecule has 4 nitrogen and oxygen atoms in total. The van der Waals surface area contributed by atoms with Crippen molar-refractivity contribution in [3.05, 3.63) is 53.1 Å². The van der Waals surface area contributed by atoms with Crippen molar-refractivity contribution in [3.8, 4) is 0 Å². The van der Waals surface area contributed by atoms with Crippen molar-refractivity contribution in [3.63, 3.8) is 0 Å². The maximum Gasteiger partial charge on any atom is 0.417 e. The summed E-state index contributed by atoms with van der Waals surface area (Å²) in [6, 6.07) is 10.0. The molecule has 2 aromatic carbocycles. The number of benzene rings is 2. The maximum absolute atomic E-state index is 12.8. The standard InChI is InChI=1S/C17H14ClF3N2O2S/c1-10(24)22-11-2-5-13(6-3-11)26-9-16(25)23-12-4-7-15(18)14(8-12)17(19,20)21/h2-8H,9H2,1H3,(H,22,24)(H,23,25). The van der Waals surface area contributed by atoms with Crippen LogP contribution in [0.4, 0.5) is 24.5 Å². The van der Waals surface area contributed by atoms with E-state index in [-0.39, 0.29) is 17.3 Å². The molecule has 0 bridgehead atoms. The summed E-state index contributed by atoms with van der Waals surface area (Å²) in [7, 11) is 0. The minimum Gasteiger partial charge on any atom is -0.326 e. The fourth-order valence-electron chi connectivity index (χ4n) is 2.00. The Morgan fingerprint density at radius 1 is 1.04 bits per heavy atom. The first-order valence-corrected chi connectivity index (χ1v) is 8.68. The van der Waals surface area contributed by atoms with E-state index >= 15 is 0 Å². The molecule has 2 amide bonds. The molecule has 0 aliphatic heterocycles. The van der Waals surface area contributed by atoms with Gasteiger partial charge in [0, 0.05) is 23.2 Å². The number of carbonyl (C=O) groups is 2. The molecule has 0 heterocycles. The van der Waals surface area contributed by atoms with E-state index in [1.807, 2.05) is 0 Å². The Balaban J connectivity index is 1.94. The minimum atomic E-state index is -4.60. The fraction of sp³-hybridized carbons (Fsp3) is 0.176. The largest absolute Gasteiger partial charge is 0.417 e. The fourth-order valence-corrected chi connectivity index (χ4v) is 2.93. The second-order valence-electron chi connectivity index (χ2n) is 5.23. The second kappa shape index (κ2) is 8.46. The van der Waals surface area contributed by atoms with Gasteiger partial charge in [-0.3, -0.25) is 9.59 Å². The highest BCUT2D eigenvalue weighted by Crippen LogP contribution is 2.36. The van der Waals surface area contributed by atoms with Gasteiger partial charge in [0.25, 0.3) is 0 Å². The van der Waals surface area contributed by atoms with Gasteiger partial charge in [-0.2, -0.15) is 13.2 Å². The molecule has 0 spiro atoms. The zero-order valence-electron chi connectivity index (χ0n) is 13.5. The smallest absolute Gasteiger partial charge is 0.326 e. The molecule has 0 unspecified atom stereocenters. The number of hydrogen-bond donors (Lipinski definition) is 2. The van der Waals surface area contributed by atoms with E-state index in [0.29, 0.717) is 5.69 Å². The summed E-state index contributed by atoms with van der Waals surface area (Å²) in [5.41, 5.74) is -0.348. The van der Waals surface area contributed by atoms with Crippen LogP contribution in [-0.4, -0.2) is 17.6 Å². The van der Waals surface area contributed by atoms with Gasteiger partial charge in [-0.15, -0.1) is 11.8 Å². The summed E-state index contributed by atoms with van der Waals surface area (Å²) in [6.07, 6.45) is -4.60. The van der Waals surface area contributed by atoms with E-state index in [4.69, 9.17) is 11.6 Å². The number of carbonyl (C=O) groups excluding carboxylic acids is 2. The molecular weight excluding hydrogens is 389 g/mol. The lowest BCUT2D eigenvalue weighted by Crippen LogP contribution is -2.15. The van der Waals surface area contributed by atoms with Crippen LogP contribution < -0.4 is 10.6 Å². The minimum absolute atomic E-state index is 0.0173. The summed E-state index contributed by atoms with van der Waals surface area (Å²) in [5, 5.41) is 4.61. The zero-order valence-corrected chi connectivity index (χ0v) is 15.1. The van der Waals surface area contributed by atoms with E-state index in [1.54, 1.807) is 24.3 Å². The summed E-state index contributed by atoms with van der Waals surface area (Å²) in [4.78, 5) is 23.7. The number of anilines is 2. The average Bonchev–Trinajstić information content (AvgIpc) is 2.54. The monoisotopic (exact) mass is 402 g/mol. The molecule has 26 heavy (non-hydrogen) atoms. The van der Waals surface area contributed by atoms with Crippen LogP contribution in [0.25, 0.3) is 0 Å². The predicted molar refractivity (Wildman–Crippen MR) is 96.6 cm³/mol. The van der Waals surface area contributed by atoms with Gasteiger partial charge < -0.3 is 10.6 Å². The first kappa shape index (κ1) is 20.1. The van der Waals surface area contributed by atoms with Crippen molar-refractivity contribution in [2.75, 3.05) is 16.4 Å². The Kier molecular flexibility index (Phi) is 6.55. The van der Waals surface area contributed by atoms with E-state index < -0.39 is 22.7 Å². The van der Waals surface area contributed by atoms with Gasteiger partial charge in [0.2, 0.25) is 11.8 Å². The van der Waals surface area contributed by atoms with Crippen LogP contribution in [0.3, 0.4) is 0 Å². The zero-order chi connectivity index (χ0) is 19.3. The van der Waals surface area contributed by atoms with Gasteiger partial charge in [-0.05, 0) is 42.5 Å². The summed E-state index contributed by atoms with van der Waals surface area (Å²) < 4.78 is 38.5. The topological polar surface area (TPSA) is 58.2 Å². The number of thioether (sulfide) groups is 1. The molecule has 138 valence electrons. The second-order valence-corrected chi connectivity index (χ2v) is 6.69. The van der Waals surface area contributed by atoms with E-state index in [0.717, 1.165) is 17.0 Å². The number of alkyl halides is 3. The van der Waals surface area contributed by atoms with Crippen molar-refractivity contribution in [1.82, 2.24) is 0 Å². The van der Waals surface area contributed by atoms with Crippen LogP contribution in [0.15, 0.2) is 47.4 Å². The maximum atomic E-state index is 12.8. The first-order chi connectivity index (χ1) is 12.1. The Labute approximate surface area is 157 Å². The predicted octanol–water partition coefficient (Wildman–Crippen LogP) is 5.05. The molecule has 2 N–H and O–H groups in total. The number of halogens is 4. The summed E-state index contributed by atoms with van der Waals surface area (Å²) in [6.45, 7) is 1.40. The van der Waals surface area contributed by atoms with Crippen LogP contribution in [0, 0.1) is 0 Å². The van der Waals surface area contributed by atoms with Gasteiger partial charge in [0.1, 0.15) is 0 Å². The van der Waals surface area contributed by atoms with Crippen LogP contribution in [0.1, 0.15) is 12.5 Å².